The van der Waals surface area contributed by atoms with Gasteiger partial charge in [0.2, 0.25) is 0 Å². The topological polar surface area (TPSA) is 33.0 Å². The summed E-state index contributed by atoms with van der Waals surface area (Å²) in [5.41, 5.74) is 9.97. The molecule has 0 spiro atoms. The van der Waals surface area contributed by atoms with Crippen LogP contribution in [0.2, 0.25) is 0 Å². The molecule has 0 radical (unpaired) electrons. The molecule has 0 saturated carbocycles. The third kappa shape index (κ3) is 3.91. The van der Waals surface area contributed by atoms with E-state index in [0.717, 1.165) is 39.0 Å². The molecule has 2 nitrogen and oxygen atoms in total. The number of ether oxygens (including phenoxy) is 1. The Labute approximate surface area is 271 Å². The van der Waals surface area contributed by atoms with Crippen molar-refractivity contribution in [3.8, 4) is 62.1 Å². The van der Waals surface area contributed by atoms with Crippen LogP contribution in [0.5, 0.6) is 11.5 Å². The Morgan fingerprint density at radius 1 is 0.383 bits per heavy atom. The Kier molecular flexibility index (Phi) is 5.38. The molecule has 0 saturated heterocycles. The molecule has 0 unspecified atom stereocenters. The second kappa shape index (κ2) is 9.78. The SMILES string of the molecule is N#Cc1ccc2c(c1)Oc1cccc3c(-c4ccc(-c5cc6ccc7cc(-c8ccccc8)cc8ccc(c5)c6c78)cc4)ccc-2c13. The van der Waals surface area contributed by atoms with Gasteiger partial charge in [-0.05, 0) is 125 Å². The summed E-state index contributed by atoms with van der Waals surface area (Å²) in [6, 6.07) is 56.4. The second-order valence-corrected chi connectivity index (χ2v) is 12.4. The lowest BCUT2D eigenvalue weighted by molar-refractivity contribution is 0.487. The number of hydrogen-bond donors (Lipinski definition) is 0. The first-order valence-electron chi connectivity index (χ1n) is 15.9. The fraction of sp³-hybridized carbons (Fsp3) is 0. The second-order valence-electron chi connectivity index (χ2n) is 12.4. The molecule has 1 heterocycles. The van der Waals surface area contributed by atoms with E-state index in [1.54, 1.807) is 0 Å². The molecule has 1 aliphatic heterocycles. The fourth-order valence-corrected chi connectivity index (χ4v) is 7.60. The fourth-order valence-electron chi connectivity index (χ4n) is 7.60. The third-order valence-corrected chi connectivity index (χ3v) is 9.79. The highest BCUT2D eigenvalue weighted by Gasteiger charge is 2.22. The summed E-state index contributed by atoms with van der Waals surface area (Å²) >= 11 is 0. The van der Waals surface area contributed by atoms with Crippen LogP contribution in [0, 0.1) is 11.3 Å². The lowest BCUT2D eigenvalue weighted by Crippen LogP contribution is -1.98. The van der Waals surface area contributed by atoms with E-state index in [1.807, 2.05) is 30.3 Å². The van der Waals surface area contributed by atoms with Gasteiger partial charge in [-0.15, -0.1) is 0 Å². The number of rotatable bonds is 3. The zero-order chi connectivity index (χ0) is 31.1. The highest BCUT2D eigenvalue weighted by atomic mass is 16.5. The van der Waals surface area contributed by atoms with Crippen molar-refractivity contribution in [3.63, 3.8) is 0 Å². The minimum Gasteiger partial charge on any atom is -0.456 e. The van der Waals surface area contributed by atoms with Gasteiger partial charge in [-0.3, -0.25) is 0 Å². The molecule has 0 N–H and O–H groups in total. The van der Waals surface area contributed by atoms with Gasteiger partial charge in [0.25, 0.3) is 0 Å². The average Bonchev–Trinajstić information content (AvgIpc) is 3.14. The van der Waals surface area contributed by atoms with Crippen LogP contribution < -0.4 is 4.74 Å². The molecular weight excluding hydrogens is 571 g/mol. The molecular formula is C45H25NO. The molecule has 0 bridgehead atoms. The van der Waals surface area contributed by atoms with Gasteiger partial charge >= 0.3 is 0 Å². The van der Waals surface area contributed by atoms with Crippen LogP contribution in [0.4, 0.5) is 0 Å². The molecule has 9 aromatic rings. The molecule has 0 atom stereocenters. The summed E-state index contributed by atoms with van der Waals surface area (Å²) < 4.78 is 6.32. The Bertz CT molecular complexity index is 2690. The number of fused-ring (bicyclic) bond motifs is 2. The minimum atomic E-state index is 0.596. The normalized spacial score (nSPS) is 12.0. The molecule has 0 aliphatic carbocycles. The van der Waals surface area contributed by atoms with E-state index in [-0.39, 0.29) is 0 Å². The molecule has 0 fully saturated rings. The third-order valence-electron chi connectivity index (χ3n) is 9.79. The Hall–Kier alpha value is -6.43. The van der Waals surface area contributed by atoms with E-state index in [1.165, 1.54) is 60.1 Å². The van der Waals surface area contributed by atoms with Gasteiger partial charge in [-0.1, -0.05) is 103 Å². The summed E-state index contributed by atoms with van der Waals surface area (Å²) in [5.74, 6) is 1.55. The van der Waals surface area contributed by atoms with E-state index in [4.69, 9.17) is 4.74 Å². The Morgan fingerprint density at radius 3 is 1.60 bits per heavy atom. The quantitative estimate of drug-likeness (QED) is 0.190. The van der Waals surface area contributed by atoms with E-state index in [2.05, 4.69) is 127 Å². The van der Waals surface area contributed by atoms with Gasteiger partial charge in [0, 0.05) is 10.9 Å². The monoisotopic (exact) mass is 595 g/mol. The lowest BCUT2D eigenvalue weighted by Gasteiger charge is -2.22. The number of nitrogens with zero attached hydrogens (tertiary/aromatic N) is 1. The van der Waals surface area contributed by atoms with Crippen LogP contribution in [0.25, 0.3) is 87.6 Å². The summed E-state index contributed by atoms with van der Waals surface area (Å²) in [6.45, 7) is 0. The van der Waals surface area contributed by atoms with Crippen molar-refractivity contribution in [1.29, 1.82) is 5.26 Å². The molecule has 1 aliphatic rings. The molecule has 9 aromatic carbocycles. The van der Waals surface area contributed by atoms with Crippen molar-refractivity contribution in [2.45, 2.75) is 0 Å². The van der Waals surface area contributed by atoms with Crippen molar-refractivity contribution in [1.82, 2.24) is 0 Å². The van der Waals surface area contributed by atoms with Gasteiger partial charge in [0.05, 0.1) is 11.6 Å². The van der Waals surface area contributed by atoms with Gasteiger partial charge in [-0.2, -0.15) is 5.26 Å². The van der Waals surface area contributed by atoms with E-state index in [0.29, 0.717) is 5.56 Å². The maximum atomic E-state index is 9.39. The Balaban J connectivity index is 1.05. The molecule has 216 valence electrons. The molecule has 0 amide bonds. The molecule has 47 heavy (non-hydrogen) atoms. The standard InChI is InChI=1S/C45H25NO/c46-26-27-9-18-38-40-20-19-37(39-7-4-8-41(45(39)40)47-42(38)21-27)30-12-10-29(11-13-30)36-24-33-16-14-31-22-35(28-5-2-1-3-6-28)23-32-15-17-34(25-36)44(33)43(31)32/h1-25H. The van der Waals surface area contributed by atoms with Gasteiger partial charge in [0.1, 0.15) is 11.5 Å². The van der Waals surface area contributed by atoms with Crippen LogP contribution >= 0.6 is 0 Å². The highest BCUT2D eigenvalue weighted by Crippen LogP contribution is 2.49. The van der Waals surface area contributed by atoms with Crippen LogP contribution in [-0.4, -0.2) is 0 Å². The highest BCUT2D eigenvalue weighted by molar-refractivity contribution is 6.24. The van der Waals surface area contributed by atoms with Crippen molar-refractivity contribution >= 4 is 43.1 Å². The van der Waals surface area contributed by atoms with Crippen LogP contribution in [0.1, 0.15) is 5.56 Å². The smallest absolute Gasteiger partial charge is 0.136 e. The molecule has 0 aromatic heterocycles. The summed E-state index contributed by atoms with van der Waals surface area (Å²) in [6.07, 6.45) is 0. The van der Waals surface area contributed by atoms with Crippen LogP contribution in [0.3, 0.4) is 0 Å². The Morgan fingerprint density at radius 2 is 0.957 bits per heavy atom. The summed E-state index contributed by atoms with van der Waals surface area (Å²) in [4.78, 5) is 0. The minimum absolute atomic E-state index is 0.596. The largest absolute Gasteiger partial charge is 0.456 e. The molecule has 10 rings (SSSR count). The summed E-state index contributed by atoms with van der Waals surface area (Å²) in [5, 5.41) is 19.4. The first-order chi connectivity index (χ1) is 23.2. The van der Waals surface area contributed by atoms with Crippen molar-refractivity contribution in [2.24, 2.45) is 0 Å². The maximum absolute atomic E-state index is 9.39. The zero-order valence-corrected chi connectivity index (χ0v) is 25.3. The van der Waals surface area contributed by atoms with Gasteiger partial charge < -0.3 is 4.74 Å². The summed E-state index contributed by atoms with van der Waals surface area (Å²) in [7, 11) is 0. The van der Waals surface area contributed by atoms with E-state index in [9.17, 15) is 5.26 Å². The van der Waals surface area contributed by atoms with Crippen molar-refractivity contribution in [2.75, 3.05) is 0 Å². The first-order valence-corrected chi connectivity index (χ1v) is 15.9. The zero-order valence-electron chi connectivity index (χ0n) is 25.3. The van der Waals surface area contributed by atoms with Gasteiger partial charge in [-0.25, -0.2) is 0 Å². The van der Waals surface area contributed by atoms with Crippen LogP contribution in [-0.2, 0) is 0 Å². The maximum Gasteiger partial charge on any atom is 0.136 e. The van der Waals surface area contributed by atoms with Crippen molar-refractivity contribution < 1.29 is 4.74 Å². The van der Waals surface area contributed by atoms with Crippen LogP contribution in [0.15, 0.2) is 152 Å². The van der Waals surface area contributed by atoms with Crippen molar-refractivity contribution in [3.05, 3.63) is 157 Å². The predicted molar refractivity (Wildman–Crippen MR) is 194 cm³/mol. The number of nitriles is 1. The van der Waals surface area contributed by atoms with E-state index >= 15 is 0 Å². The van der Waals surface area contributed by atoms with Gasteiger partial charge in [0.15, 0.2) is 0 Å². The predicted octanol–water partition coefficient (Wildman–Crippen LogP) is 12.4. The molecule has 2 heteroatoms. The number of benzene rings is 9. The van der Waals surface area contributed by atoms with E-state index < -0.39 is 0 Å². The average molecular weight is 596 g/mol. The first kappa shape index (κ1) is 25.9. The number of hydrogen-bond acceptors (Lipinski definition) is 2. The lowest BCUT2D eigenvalue weighted by atomic mass is 9.88.